The van der Waals surface area contributed by atoms with Gasteiger partial charge in [-0.15, -0.1) is 0 Å². The number of carbonyl (C=O) groups excluding carboxylic acids is 2. The average Bonchev–Trinajstić information content (AvgIpc) is 3.02. The van der Waals surface area contributed by atoms with E-state index in [1.54, 1.807) is 56.3 Å². The number of ether oxygens (including phenoxy) is 1. The van der Waals surface area contributed by atoms with Crippen molar-refractivity contribution in [2.45, 2.75) is 20.0 Å². The number of rotatable bonds is 4. The Balaban J connectivity index is 1.68. The van der Waals surface area contributed by atoms with Gasteiger partial charge in [0, 0.05) is 10.6 Å². The van der Waals surface area contributed by atoms with Crippen LogP contribution in [0.2, 0.25) is 5.02 Å². The molecule has 2 N–H and O–H groups in total. The normalized spacial score (nSPS) is 10.7. The highest BCUT2D eigenvalue weighted by molar-refractivity contribution is 7.80. The number of anilines is 1. The predicted octanol–water partition coefficient (Wildman–Crippen LogP) is 4.64. The molecule has 0 aliphatic heterocycles. The van der Waals surface area contributed by atoms with Gasteiger partial charge in [0.2, 0.25) is 0 Å². The minimum atomic E-state index is -0.384. The molecule has 28 heavy (non-hydrogen) atoms. The van der Waals surface area contributed by atoms with E-state index in [1.165, 1.54) is 11.3 Å². The number of nitrogens with one attached hydrogen (secondary N) is 2. The first-order chi connectivity index (χ1) is 13.3. The Morgan fingerprint density at radius 2 is 1.82 bits per heavy atom. The van der Waals surface area contributed by atoms with Crippen LogP contribution in [-0.4, -0.2) is 28.1 Å². The van der Waals surface area contributed by atoms with Crippen molar-refractivity contribution in [3.8, 4) is 0 Å². The highest BCUT2D eigenvalue weighted by atomic mass is 35.5. The van der Waals surface area contributed by atoms with Crippen LogP contribution in [0.1, 0.15) is 34.6 Å². The molecule has 9 heteroatoms. The number of nitrogens with zero attached hydrogens (tertiary/aromatic N) is 1. The van der Waals surface area contributed by atoms with Crippen molar-refractivity contribution in [3.05, 3.63) is 58.6 Å². The predicted molar refractivity (Wildman–Crippen MR) is 115 cm³/mol. The lowest BCUT2D eigenvalue weighted by Crippen LogP contribution is -2.34. The van der Waals surface area contributed by atoms with Gasteiger partial charge in [-0.1, -0.05) is 22.9 Å². The first-order valence-electron chi connectivity index (χ1n) is 8.31. The van der Waals surface area contributed by atoms with Crippen LogP contribution in [0.15, 0.2) is 42.5 Å². The number of amides is 1. The van der Waals surface area contributed by atoms with Gasteiger partial charge < -0.3 is 10.1 Å². The van der Waals surface area contributed by atoms with E-state index >= 15 is 0 Å². The second-order valence-corrected chi connectivity index (χ2v) is 7.95. The zero-order valence-electron chi connectivity index (χ0n) is 15.0. The molecule has 0 unspecified atom stereocenters. The number of fused-ring (bicyclic) bond motifs is 1. The zero-order valence-corrected chi connectivity index (χ0v) is 17.4. The van der Waals surface area contributed by atoms with E-state index in [1.807, 2.05) is 0 Å². The lowest BCUT2D eigenvalue weighted by atomic mass is 10.2. The minimum absolute atomic E-state index is 0.124. The first-order valence-corrected chi connectivity index (χ1v) is 9.91. The van der Waals surface area contributed by atoms with E-state index in [2.05, 4.69) is 15.6 Å². The van der Waals surface area contributed by atoms with Gasteiger partial charge in [-0.2, -0.15) is 0 Å². The van der Waals surface area contributed by atoms with Crippen LogP contribution in [0.5, 0.6) is 0 Å². The summed E-state index contributed by atoms with van der Waals surface area (Å²) in [4.78, 5) is 28.6. The van der Waals surface area contributed by atoms with Crippen LogP contribution < -0.4 is 10.6 Å². The van der Waals surface area contributed by atoms with Gasteiger partial charge in [0.1, 0.15) is 0 Å². The van der Waals surface area contributed by atoms with E-state index in [9.17, 15) is 9.59 Å². The maximum absolute atomic E-state index is 12.2. The van der Waals surface area contributed by atoms with Gasteiger partial charge in [0.25, 0.3) is 5.91 Å². The maximum Gasteiger partial charge on any atom is 0.338 e. The van der Waals surface area contributed by atoms with Gasteiger partial charge in [0.15, 0.2) is 10.2 Å². The Bertz CT molecular complexity index is 1050. The van der Waals surface area contributed by atoms with E-state index in [0.29, 0.717) is 26.8 Å². The van der Waals surface area contributed by atoms with E-state index < -0.39 is 0 Å². The van der Waals surface area contributed by atoms with Crippen molar-refractivity contribution in [3.63, 3.8) is 0 Å². The smallest absolute Gasteiger partial charge is 0.338 e. The number of hydrogen-bond acceptors (Lipinski definition) is 6. The summed E-state index contributed by atoms with van der Waals surface area (Å²) < 4.78 is 6.00. The summed E-state index contributed by atoms with van der Waals surface area (Å²) in [5.74, 6) is -0.737. The van der Waals surface area contributed by atoms with Crippen LogP contribution in [0.4, 0.5) is 5.13 Å². The SMILES string of the molecule is CC(C)OC(=O)c1ccc2nc(NC(=S)NC(=O)c3ccc(Cl)cc3)sc2c1. The number of aromatic nitrogens is 1. The summed E-state index contributed by atoms with van der Waals surface area (Å²) >= 11 is 12.3. The van der Waals surface area contributed by atoms with Gasteiger partial charge in [-0.05, 0) is 68.5 Å². The van der Waals surface area contributed by atoms with Gasteiger partial charge >= 0.3 is 5.97 Å². The van der Waals surface area contributed by atoms with Crippen molar-refractivity contribution < 1.29 is 14.3 Å². The average molecular weight is 434 g/mol. The molecular weight excluding hydrogens is 418 g/mol. The summed E-state index contributed by atoms with van der Waals surface area (Å²) in [7, 11) is 0. The summed E-state index contributed by atoms with van der Waals surface area (Å²) in [6, 6.07) is 11.6. The Hall–Kier alpha value is -2.55. The van der Waals surface area contributed by atoms with E-state index in [0.717, 1.165) is 4.70 Å². The van der Waals surface area contributed by atoms with Crippen molar-refractivity contribution >= 4 is 67.5 Å². The molecule has 1 aromatic heterocycles. The number of esters is 1. The fourth-order valence-corrected chi connectivity index (χ4v) is 3.58. The van der Waals surface area contributed by atoms with Crippen LogP contribution in [0.3, 0.4) is 0 Å². The molecule has 0 saturated carbocycles. The molecule has 0 aliphatic rings. The number of thiocarbonyl (C=S) groups is 1. The third kappa shape index (κ3) is 5.03. The van der Waals surface area contributed by atoms with Gasteiger partial charge in [-0.3, -0.25) is 10.1 Å². The molecule has 6 nitrogen and oxygen atoms in total. The number of benzene rings is 2. The largest absolute Gasteiger partial charge is 0.459 e. The van der Waals surface area contributed by atoms with E-state index in [4.69, 9.17) is 28.6 Å². The highest BCUT2D eigenvalue weighted by Crippen LogP contribution is 2.27. The number of thiazole rings is 1. The molecule has 1 heterocycles. The quantitative estimate of drug-likeness (QED) is 0.460. The Labute approximate surface area is 175 Å². The van der Waals surface area contributed by atoms with Crippen molar-refractivity contribution in [1.29, 1.82) is 0 Å². The first kappa shape index (κ1) is 20.2. The third-order valence-electron chi connectivity index (χ3n) is 3.52. The molecule has 1 amide bonds. The fraction of sp³-hybridized carbons (Fsp3) is 0.158. The Kier molecular flexibility index (Phi) is 6.23. The molecule has 0 radical (unpaired) electrons. The molecule has 0 spiro atoms. The lowest BCUT2D eigenvalue weighted by molar-refractivity contribution is 0.0378. The molecule has 3 rings (SSSR count). The molecule has 0 saturated heterocycles. The second kappa shape index (κ2) is 8.64. The number of halogens is 1. The van der Waals surface area contributed by atoms with E-state index in [-0.39, 0.29) is 23.1 Å². The molecule has 2 aromatic carbocycles. The molecular formula is C19H16ClN3O3S2. The van der Waals surface area contributed by atoms with Crippen molar-refractivity contribution in [1.82, 2.24) is 10.3 Å². The molecule has 0 atom stereocenters. The highest BCUT2D eigenvalue weighted by Gasteiger charge is 2.13. The minimum Gasteiger partial charge on any atom is -0.459 e. The maximum atomic E-state index is 12.2. The molecule has 0 bridgehead atoms. The second-order valence-electron chi connectivity index (χ2n) is 6.07. The van der Waals surface area contributed by atoms with Crippen molar-refractivity contribution in [2.75, 3.05) is 5.32 Å². The Morgan fingerprint density at radius 3 is 2.50 bits per heavy atom. The zero-order chi connectivity index (χ0) is 20.3. The summed E-state index contributed by atoms with van der Waals surface area (Å²) in [5.41, 5.74) is 1.60. The van der Waals surface area contributed by atoms with Crippen molar-refractivity contribution in [2.24, 2.45) is 0 Å². The van der Waals surface area contributed by atoms with Crippen LogP contribution in [0.25, 0.3) is 10.2 Å². The molecule has 144 valence electrons. The fourth-order valence-electron chi connectivity index (χ4n) is 2.29. The van der Waals surface area contributed by atoms with Crippen LogP contribution >= 0.6 is 35.2 Å². The number of carbonyl (C=O) groups is 2. The molecule has 0 fully saturated rings. The Morgan fingerprint density at radius 1 is 1.14 bits per heavy atom. The molecule has 3 aromatic rings. The monoisotopic (exact) mass is 433 g/mol. The van der Waals surface area contributed by atoms with Crippen LogP contribution in [0, 0.1) is 0 Å². The number of hydrogen-bond donors (Lipinski definition) is 2. The lowest BCUT2D eigenvalue weighted by Gasteiger charge is -2.07. The van der Waals surface area contributed by atoms with Gasteiger partial charge in [0.05, 0.1) is 21.9 Å². The molecule has 0 aliphatic carbocycles. The third-order valence-corrected chi connectivity index (χ3v) is 4.91. The van der Waals surface area contributed by atoms with Crippen LogP contribution in [-0.2, 0) is 4.74 Å². The summed E-state index contributed by atoms with van der Waals surface area (Å²) in [6.45, 7) is 3.59. The summed E-state index contributed by atoms with van der Waals surface area (Å²) in [6.07, 6.45) is -0.191. The topological polar surface area (TPSA) is 80.3 Å². The van der Waals surface area contributed by atoms with Gasteiger partial charge in [-0.25, -0.2) is 9.78 Å². The summed E-state index contributed by atoms with van der Waals surface area (Å²) in [5, 5.41) is 6.65. The standard InChI is InChI=1S/C19H16ClN3O3S2/c1-10(2)26-17(25)12-5-8-14-15(9-12)28-19(21-14)23-18(27)22-16(24)11-3-6-13(20)7-4-11/h3-10H,1-2H3,(H2,21,22,23,24,27).